The van der Waals surface area contributed by atoms with Crippen LogP contribution in [0.1, 0.15) is 6.42 Å². The molecule has 114 valence electrons. The zero-order valence-corrected chi connectivity index (χ0v) is 12.8. The standard InChI is InChI=1S/C13H15Cl2N3O3/c1-21-9-4-2-8(3-5-9)16-7-11(19)17-18-12(20)10-6-13(10,14)15/h2-5,10,16H,6-7H2,1H3,(H,17,19)(H,18,20)/t10-/m1/s1. The van der Waals surface area contributed by atoms with Gasteiger partial charge in [0.15, 0.2) is 0 Å². The van der Waals surface area contributed by atoms with Crippen LogP contribution in [0.15, 0.2) is 24.3 Å². The molecular weight excluding hydrogens is 317 g/mol. The van der Waals surface area contributed by atoms with Crippen LogP contribution in [-0.4, -0.2) is 29.8 Å². The zero-order valence-electron chi connectivity index (χ0n) is 11.3. The molecule has 0 unspecified atom stereocenters. The number of methoxy groups -OCH3 is 1. The van der Waals surface area contributed by atoms with Gasteiger partial charge in [0.2, 0.25) is 5.91 Å². The highest BCUT2D eigenvalue weighted by atomic mass is 35.5. The summed E-state index contributed by atoms with van der Waals surface area (Å²) in [4.78, 5) is 23.1. The Hall–Kier alpha value is -1.66. The van der Waals surface area contributed by atoms with Crippen LogP contribution in [-0.2, 0) is 9.59 Å². The van der Waals surface area contributed by atoms with Gasteiger partial charge in [-0.2, -0.15) is 0 Å². The van der Waals surface area contributed by atoms with Gasteiger partial charge in [-0.3, -0.25) is 20.4 Å². The first-order valence-corrected chi connectivity index (χ1v) is 7.02. The molecular formula is C13H15Cl2N3O3. The molecule has 1 aliphatic rings. The van der Waals surface area contributed by atoms with Gasteiger partial charge in [0.1, 0.15) is 10.1 Å². The number of nitrogens with one attached hydrogen (secondary N) is 3. The van der Waals surface area contributed by atoms with Crippen molar-refractivity contribution in [2.75, 3.05) is 19.0 Å². The minimum atomic E-state index is -1.00. The first-order valence-electron chi connectivity index (χ1n) is 6.27. The number of carbonyl (C=O) groups is 2. The van der Waals surface area contributed by atoms with Crippen LogP contribution in [0.2, 0.25) is 0 Å². The second-order valence-corrected chi connectivity index (χ2v) is 6.18. The number of anilines is 1. The third-order valence-corrected chi connectivity index (χ3v) is 3.85. The van der Waals surface area contributed by atoms with Gasteiger partial charge in [-0.05, 0) is 30.7 Å². The number of hydrazine groups is 1. The van der Waals surface area contributed by atoms with Crippen LogP contribution in [0.3, 0.4) is 0 Å². The van der Waals surface area contributed by atoms with Crippen molar-refractivity contribution in [1.82, 2.24) is 10.9 Å². The van der Waals surface area contributed by atoms with Crippen molar-refractivity contribution in [2.45, 2.75) is 10.8 Å². The first-order chi connectivity index (χ1) is 9.92. The third kappa shape index (κ3) is 4.41. The predicted octanol–water partition coefficient (Wildman–Crippen LogP) is 1.45. The maximum Gasteiger partial charge on any atom is 0.257 e. The molecule has 0 saturated heterocycles. The summed E-state index contributed by atoms with van der Waals surface area (Å²) in [5, 5.41) is 2.91. The number of hydrogen-bond donors (Lipinski definition) is 3. The first kappa shape index (κ1) is 15.7. The Kier molecular flexibility index (Phi) is 4.80. The topological polar surface area (TPSA) is 79.5 Å². The van der Waals surface area contributed by atoms with E-state index >= 15 is 0 Å². The maximum absolute atomic E-state index is 11.6. The van der Waals surface area contributed by atoms with E-state index in [-0.39, 0.29) is 12.5 Å². The molecule has 8 heteroatoms. The summed E-state index contributed by atoms with van der Waals surface area (Å²) in [5.41, 5.74) is 5.34. The molecule has 21 heavy (non-hydrogen) atoms. The smallest absolute Gasteiger partial charge is 0.257 e. The largest absolute Gasteiger partial charge is 0.497 e. The maximum atomic E-state index is 11.6. The number of halogens is 2. The van der Waals surface area contributed by atoms with Gasteiger partial charge >= 0.3 is 0 Å². The quantitative estimate of drug-likeness (QED) is 0.563. The molecule has 0 radical (unpaired) electrons. The number of carbonyl (C=O) groups excluding carboxylic acids is 2. The van der Waals surface area contributed by atoms with Gasteiger partial charge in [-0.25, -0.2) is 0 Å². The van der Waals surface area contributed by atoms with Gasteiger partial charge in [0.05, 0.1) is 19.6 Å². The molecule has 0 spiro atoms. The number of alkyl halides is 2. The molecule has 1 fully saturated rings. The van der Waals surface area contributed by atoms with Crippen molar-refractivity contribution < 1.29 is 14.3 Å². The fourth-order valence-corrected chi connectivity index (χ4v) is 2.16. The molecule has 1 atom stereocenters. The predicted molar refractivity (Wildman–Crippen MR) is 80.3 cm³/mol. The normalized spacial score (nSPS) is 18.5. The molecule has 0 aliphatic heterocycles. The van der Waals surface area contributed by atoms with Gasteiger partial charge in [0, 0.05) is 5.69 Å². The fourth-order valence-electron chi connectivity index (χ4n) is 1.65. The average molecular weight is 332 g/mol. The van der Waals surface area contributed by atoms with E-state index in [9.17, 15) is 9.59 Å². The van der Waals surface area contributed by atoms with Crippen LogP contribution in [0.5, 0.6) is 5.75 Å². The second kappa shape index (κ2) is 6.41. The molecule has 1 aromatic carbocycles. The second-order valence-electron chi connectivity index (χ2n) is 4.64. The van der Waals surface area contributed by atoms with Gasteiger partial charge in [-0.1, -0.05) is 0 Å². The number of ether oxygens (including phenoxy) is 1. The average Bonchev–Trinajstić information content (AvgIpc) is 3.12. The summed E-state index contributed by atoms with van der Waals surface area (Å²) in [5.74, 6) is -0.518. The third-order valence-electron chi connectivity index (χ3n) is 3.01. The summed E-state index contributed by atoms with van der Waals surface area (Å²) in [6.45, 7) is 0.0180. The lowest BCUT2D eigenvalue weighted by Crippen LogP contribution is -2.45. The minimum absolute atomic E-state index is 0.0180. The molecule has 6 nitrogen and oxygen atoms in total. The molecule has 0 bridgehead atoms. The van der Waals surface area contributed by atoms with E-state index in [1.807, 2.05) is 0 Å². The molecule has 0 heterocycles. The van der Waals surface area contributed by atoms with E-state index in [1.54, 1.807) is 31.4 Å². The van der Waals surface area contributed by atoms with Crippen LogP contribution in [0.4, 0.5) is 5.69 Å². The monoisotopic (exact) mass is 331 g/mol. The van der Waals surface area contributed by atoms with Crippen molar-refractivity contribution in [3.8, 4) is 5.75 Å². The molecule has 1 aromatic rings. The molecule has 1 saturated carbocycles. The lowest BCUT2D eigenvalue weighted by molar-refractivity contribution is -0.128. The Bertz CT molecular complexity index is 534. The summed E-state index contributed by atoms with van der Waals surface area (Å²) >= 11 is 11.5. The summed E-state index contributed by atoms with van der Waals surface area (Å²) in [6.07, 6.45) is 0.391. The van der Waals surface area contributed by atoms with E-state index in [0.717, 1.165) is 11.4 Å². The van der Waals surface area contributed by atoms with Crippen molar-refractivity contribution in [1.29, 1.82) is 0 Å². The Morgan fingerprint density at radius 2 is 1.90 bits per heavy atom. The van der Waals surface area contributed by atoms with Crippen molar-refractivity contribution in [2.24, 2.45) is 5.92 Å². The minimum Gasteiger partial charge on any atom is -0.497 e. The molecule has 2 amide bonds. The Labute approximate surface area is 132 Å². The Balaban J connectivity index is 1.68. The summed E-state index contributed by atoms with van der Waals surface area (Å²) in [6, 6.07) is 7.11. The Morgan fingerprint density at radius 3 is 2.43 bits per heavy atom. The van der Waals surface area contributed by atoms with E-state index in [1.165, 1.54) is 0 Å². The summed E-state index contributed by atoms with van der Waals surface area (Å²) < 4.78 is 4.02. The van der Waals surface area contributed by atoms with E-state index in [2.05, 4.69) is 16.2 Å². The molecule has 0 aromatic heterocycles. The van der Waals surface area contributed by atoms with Gasteiger partial charge < -0.3 is 10.1 Å². The van der Waals surface area contributed by atoms with Crippen LogP contribution in [0, 0.1) is 5.92 Å². The van der Waals surface area contributed by atoms with Crippen LogP contribution < -0.4 is 20.9 Å². The molecule has 3 N–H and O–H groups in total. The van der Waals surface area contributed by atoms with Crippen molar-refractivity contribution in [3.05, 3.63) is 24.3 Å². The van der Waals surface area contributed by atoms with Crippen molar-refractivity contribution in [3.63, 3.8) is 0 Å². The van der Waals surface area contributed by atoms with E-state index < -0.39 is 16.2 Å². The Morgan fingerprint density at radius 1 is 1.29 bits per heavy atom. The lowest BCUT2D eigenvalue weighted by Gasteiger charge is -2.09. The molecule has 2 rings (SSSR count). The van der Waals surface area contributed by atoms with E-state index in [4.69, 9.17) is 27.9 Å². The van der Waals surface area contributed by atoms with Crippen molar-refractivity contribution >= 4 is 40.7 Å². The van der Waals surface area contributed by atoms with Crippen LogP contribution in [0.25, 0.3) is 0 Å². The summed E-state index contributed by atoms with van der Waals surface area (Å²) in [7, 11) is 1.58. The SMILES string of the molecule is COc1ccc(NCC(=O)NNC(=O)[C@H]2CC2(Cl)Cl)cc1. The highest BCUT2D eigenvalue weighted by Crippen LogP contribution is 2.53. The fraction of sp³-hybridized carbons (Fsp3) is 0.385. The lowest BCUT2D eigenvalue weighted by atomic mass is 10.3. The number of rotatable bonds is 5. The zero-order chi connectivity index (χ0) is 15.5. The van der Waals surface area contributed by atoms with E-state index in [0.29, 0.717) is 6.42 Å². The van der Waals surface area contributed by atoms with Gasteiger partial charge in [0.25, 0.3) is 5.91 Å². The van der Waals surface area contributed by atoms with Crippen LogP contribution >= 0.6 is 23.2 Å². The van der Waals surface area contributed by atoms with Gasteiger partial charge in [-0.15, -0.1) is 23.2 Å². The number of amides is 2. The highest BCUT2D eigenvalue weighted by molar-refractivity contribution is 6.52. The highest BCUT2D eigenvalue weighted by Gasteiger charge is 2.56. The number of benzene rings is 1. The number of hydrogen-bond acceptors (Lipinski definition) is 4. The molecule has 1 aliphatic carbocycles.